The van der Waals surface area contributed by atoms with Crippen LogP contribution in [0, 0.1) is 12.7 Å². The van der Waals surface area contributed by atoms with Crippen molar-refractivity contribution in [2.75, 3.05) is 5.73 Å². The summed E-state index contributed by atoms with van der Waals surface area (Å²) in [7, 11) is 0. The quantitative estimate of drug-likeness (QED) is 0.868. The van der Waals surface area contributed by atoms with Gasteiger partial charge in [-0.25, -0.2) is 4.39 Å². The largest absolute Gasteiger partial charge is 0.486 e. The molecule has 0 amide bonds. The smallest absolute Gasteiger partial charge is 0.145 e. The van der Waals surface area contributed by atoms with E-state index in [-0.39, 0.29) is 5.82 Å². The summed E-state index contributed by atoms with van der Waals surface area (Å²) in [6.45, 7) is 2.30. The lowest BCUT2D eigenvalue weighted by Crippen LogP contribution is -2.00. The predicted molar refractivity (Wildman–Crippen MR) is 74.0 cm³/mol. The molecule has 0 radical (unpaired) electrons. The van der Waals surface area contributed by atoms with Gasteiger partial charge < -0.3 is 10.5 Å². The Hall–Kier alpha value is -1.55. The number of nitrogens with two attached hydrogens (primary N) is 1. The van der Waals surface area contributed by atoms with Gasteiger partial charge in [0.05, 0.1) is 5.69 Å². The van der Waals surface area contributed by atoms with Crippen LogP contribution in [-0.4, -0.2) is 0 Å². The molecule has 94 valence electrons. The minimum Gasteiger partial charge on any atom is -0.486 e. The summed E-state index contributed by atoms with van der Waals surface area (Å²) in [5.41, 5.74) is 8.35. The molecule has 0 aromatic heterocycles. The van der Waals surface area contributed by atoms with Crippen molar-refractivity contribution in [3.8, 4) is 5.75 Å². The molecule has 0 bridgehead atoms. The maximum Gasteiger partial charge on any atom is 0.145 e. The topological polar surface area (TPSA) is 35.2 Å². The third kappa shape index (κ3) is 3.01. The van der Waals surface area contributed by atoms with Gasteiger partial charge in [0.15, 0.2) is 0 Å². The first kappa shape index (κ1) is 12.9. The summed E-state index contributed by atoms with van der Waals surface area (Å²) >= 11 is 3.37. The van der Waals surface area contributed by atoms with Crippen LogP contribution in [0.3, 0.4) is 0 Å². The number of rotatable bonds is 3. The Morgan fingerprint density at radius 2 is 1.89 bits per heavy atom. The Morgan fingerprint density at radius 3 is 2.50 bits per heavy atom. The summed E-state index contributed by atoms with van der Waals surface area (Å²) in [5.74, 6) is 0.417. The van der Waals surface area contributed by atoms with E-state index in [4.69, 9.17) is 10.5 Å². The molecule has 0 spiro atoms. The molecule has 2 nitrogen and oxygen atoms in total. The maximum absolute atomic E-state index is 12.8. The second-order valence-corrected chi connectivity index (χ2v) is 4.97. The Labute approximate surface area is 114 Å². The number of nitrogen functional groups attached to an aromatic ring is 1. The first-order chi connectivity index (χ1) is 8.56. The van der Waals surface area contributed by atoms with Gasteiger partial charge in [-0.05, 0) is 42.3 Å². The SMILES string of the molecule is Cc1cc(Br)cc(N)c1OCc1ccc(F)cc1. The van der Waals surface area contributed by atoms with Crippen LogP contribution in [0.1, 0.15) is 11.1 Å². The first-order valence-corrected chi connectivity index (χ1v) is 6.28. The van der Waals surface area contributed by atoms with Crippen LogP contribution in [0.4, 0.5) is 10.1 Å². The van der Waals surface area contributed by atoms with E-state index < -0.39 is 0 Å². The Kier molecular flexibility index (Phi) is 3.87. The number of anilines is 1. The van der Waals surface area contributed by atoms with E-state index >= 15 is 0 Å². The normalized spacial score (nSPS) is 10.4. The monoisotopic (exact) mass is 309 g/mol. The summed E-state index contributed by atoms with van der Waals surface area (Å²) in [4.78, 5) is 0. The van der Waals surface area contributed by atoms with Gasteiger partial charge >= 0.3 is 0 Å². The molecule has 0 fully saturated rings. The lowest BCUT2D eigenvalue weighted by atomic mass is 10.2. The molecule has 0 aliphatic heterocycles. The van der Waals surface area contributed by atoms with E-state index in [2.05, 4.69) is 15.9 Å². The highest BCUT2D eigenvalue weighted by atomic mass is 79.9. The average molecular weight is 310 g/mol. The van der Waals surface area contributed by atoms with Crippen LogP contribution in [-0.2, 0) is 6.61 Å². The van der Waals surface area contributed by atoms with Crippen LogP contribution < -0.4 is 10.5 Å². The second-order valence-electron chi connectivity index (χ2n) is 4.06. The number of hydrogen-bond donors (Lipinski definition) is 1. The molecule has 18 heavy (non-hydrogen) atoms. The van der Waals surface area contributed by atoms with Crippen LogP contribution in [0.15, 0.2) is 40.9 Å². The molecule has 0 aliphatic carbocycles. The Balaban J connectivity index is 2.13. The number of halogens is 2. The number of aryl methyl sites for hydroxylation is 1. The lowest BCUT2D eigenvalue weighted by Gasteiger charge is -2.12. The van der Waals surface area contributed by atoms with Gasteiger partial charge in [-0.15, -0.1) is 0 Å². The third-order valence-electron chi connectivity index (χ3n) is 2.56. The minimum atomic E-state index is -0.252. The summed E-state index contributed by atoms with van der Waals surface area (Å²) in [6, 6.07) is 9.95. The van der Waals surface area contributed by atoms with Crippen LogP contribution in [0.25, 0.3) is 0 Å². The van der Waals surface area contributed by atoms with Crippen molar-refractivity contribution in [3.05, 3.63) is 57.8 Å². The van der Waals surface area contributed by atoms with E-state index in [9.17, 15) is 4.39 Å². The number of ether oxygens (including phenoxy) is 1. The molecule has 4 heteroatoms. The maximum atomic E-state index is 12.8. The van der Waals surface area contributed by atoms with Crippen molar-refractivity contribution in [2.45, 2.75) is 13.5 Å². The molecular formula is C14H13BrFNO. The fourth-order valence-electron chi connectivity index (χ4n) is 1.69. The average Bonchev–Trinajstić information content (AvgIpc) is 2.30. The zero-order valence-electron chi connectivity index (χ0n) is 9.91. The molecule has 2 rings (SSSR count). The first-order valence-electron chi connectivity index (χ1n) is 5.49. The van der Waals surface area contributed by atoms with E-state index in [1.807, 2.05) is 13.0 Å². The summed E-state index contributed by atoms with van der Waals surface area (Å²) in [6.07, 6.45) is 0. The lowest BCUT2D eigenvalue weighted by molar-refractivity contribution is 0.305. The predicted octanol–water partition coefficient (Wildman–Crippen LogP) is 4.06. The van der Waals surface area contributed by atoms with Crippen molar-refractivity contribution in [1.29, 1.82) is 0 Å². The standard InChI is InChI=1S/C14H13BrFNO/c1-9-6-11(15)7-13(17)14(9)18-8-10-2-4-12(16)5-3-10/h2-7H,8,17H2,1H3. The van der Waals surface area contributed by atoms with E-state index in [0.717, 1.165) is 15.6 Å². The zero-order valence-corrected chi connectivity index (χ0v) is 11.5. The van der Waals surface area contributed by atoms with Gasteiger partial charge in [-0.1, -0.05) is 28.1 Å². The highest BCUT2D eigenvalue weighted by Gasteiger charge is 2.06. The van der Waals surface area contributed by atoms with Crippen LogP contribution >= 0.6 is 15.9 Å². The number of hydrogen-bond acceptors (Lipinski definition) is 2. The fourth-order valence-corrected chi connectivity index (χ4v) is 2.28. The van der Waals surface area contributed by atoms with Crippen molar-refractivity contribution in [2.24, 2.45) is 0 Å². The molecule has 0 unspecified atom stereocenters. The molecule has 0 heterocycles. The molecule has 2 N–H and O–H groups in total. The van der Waals surface area contributed by atoms with Gasteiger partial charge in [-0.2, -0.15) is 0 Å². The van der Waals surface area contributed by atoms with Gasteiger partial charge in [0, 0.05) is 4.47 Å². The second kappa shape index (κ2) is 5.40. The van der Waals surface area contributed by atoms with E-state index in [1.165, 1.54) is 12.1 Å². The van der Waals surface area contributed by atoms with Crippen LogP contribution in [0.2, 0.25) is 0 Å². The third-order valence-corrected chi connectivity index (χ3v) is 3.02. The molecule has 2 aromatic rings. The van der Waals surface area contributed by atoms with Crippen molar-refractivity contribution < 1.29 is 9.13 Å². The molecule has 2 aromatic carbocycles. The molecule has 0 aliphatic rings. The molecule has 0 saturated heterocycles. The van der Waals surface area contributed by atoms with E-state index in [0.29, 0.717) is 18.0 Å². The Morgan fingerprint density at radius 1 is 1.22 bits per heavy atom. The van der Waals surface area contributed by atoms with Gasteiger partial charge in [0.25, 0.3) is 0 Å². The van der Waals surface area contributed by atoms with Gasteiger partial charge in [-0.3, -0.25) is 0 Å². The number of benzene rings is 2. The summed E-state index contributed by atoms with van der Waals surface area (Å²) in [5, 5.41) is 0. The van der Waals surface area contributed by atoms with Crippen LogP contribution in [0.5, 0.6) is 5.75 Å². The molecule has 0 saturated carbocycles. The highest BCUT2D eigenvalue weighted by molar-refractivity contribution is 9.10. The zero-order chi connectivity index (χ0) is 13.1. The van der Waals surface area contributed by atoms with Gasteiger partial charge in [0.2, 0.25) is 0 Å². The van der Waals surface area contributed by atoms with Crippen molar-refractivity contribution >= 4 is 21.6 Å². The Bertz CT molecular complexity index is 531. The summed E-state index contributed by atoms with van der Waals surface area (Å²) < 4.78 is 19.4. The minimum absolute atomic E-state index is 0.252. The molecular weight excluding hydrogens is 297 g/mol. The van der Waals surface area contributed by atoms with E-state index in [1.54, 1.807) is 18.2 Å². The van der Waals surface area contributed by atoms with Crippen molar-refractivity contribution in [1.82, 2.24) is 0 Å². The molecule has 0 atom stereocenters. The van der Waals surface area contributed by atoms with Crippen molar-refractivity contribution in [3.63, 3.8) is 0 Å². The van der Waals surface area contributed by atoms with Gasteiger partial charge in [0.1, 0.15) is 18.2 Å². The fraction of sp³-hybridized carbons (Fsp3) is 0.143. The highest BCUT2D eigenvalue weighted by Crippen LogP contribution is 2.30.